The second-order valence-corrected chi connectivity index (χ2v) is 2.20. The van der Waals surface area contributed by atoms with Crippen LogP contribution < -0.4 is 0 Å². The van der Waals surface area contributed by atoms with Crippen LogP contribution in [0.5, 0.6) is 0 Å². The molecule has 0 fully saturated rings. The van der Waals surface area contributed by atoms with Crippen LogP contribution in [-0.2, 0) is 0 Å². The van der Waals surface area contributed by atoms with E-state index < -0.39 is 0 Å². The predicted molar refractivity (Wildman–Crippen MR) is 39.8 cm³/mol. The van der Waals surface area contributed by atoms with Gasteiger partial charge in [-0.2, -0.15) is 9.12 Å². The fourth-order valence-corrected chi connectivity index (χ4v) is 0.748. The van der Waals surface area contributed by atoms with E-state index in [9.17, 15) is 0 Å². The van der Waals surface area contributed by atoms with Gasteiger partial charge in [-0.25, -0.2) is 0 Å². The van der Waals surface area contributed by atoms with Gasteiger partial charge < -0.3 is 0 Å². The third-order valence-electron chi connectivity index (χ3n) is 0.974. The van der Waals surface area contributed by atoms with E-state index in [0.717, 1.165) is 0 Å². The maximum atomic E-state index is 2.62. The molecular formula is C5H13BPU. The van der Waals surface area contributed by atoms with E-state index in [-0.39, 0.29) is 31.1 Å². The van der Waals surface area contributed by atoms with E-state index in [2.05, 4.69) is 23.0 Å². The Morgan fingerprint density at radius 3 is 2.38 bits per heavy atom. The Bertz CT molecular complexity index is 31.6. The summed E-state index contributed by atoms with van der Waals surface area (Å²) in [6.07, 6.45) is 5.34. The van der Waals surface area contributed by atoms with Crippen molar-refractivity contribution < 1.29 is 31.1 Å². The molecule has 0 heterocycles. The molecule has 8 heavy (non-hydrogen) atoms. The Kier molecular flexibility index (Phi) is 17.4. The Morgan fingerprint density at radius 2 is 2.00 bits per heavy atom. The summed E-state index contributed by atoms with van der Waals surface area (Å²) in [7, 11) is 2.62. The summed E-state index contributed by atoms with van der Waals surface area (Å²) in [5.41, 5.74) is 0. The predicted octanol–water partition coefficient (Wildman–Crippen LogP) is 2.09. The van der Waals surface area contributed by atoms with Gasteiger partial charge in [-0.15, -0.1) is 0 Å². The van der Waals surface area contributed by atoms with Crippen molar-refractivity contribution in [3.05, 3.63) is 0 Å². The number of hydrogen-bond donors (Lipinski definition) is 0. The molecule has 0 bridgehead atoms. The van der Waals surface area contributed by atoms with Crippen LogP contribution in [0.2, 0.25) is 6.32 Å². The van der Waals surface area contributed by atoms with Crippen molar-refractivity contribution in [3.8, 4) is 0 Å². The first-order valence-corrected chi connectivity index (χ1v) is 3.62. The quantitative estimate of drug-likeness (QED) is 0.413. The SMILES string of the molecule is CCCCC[B]P.[U]. The van der Waals surface area contributed by atoms with Crippen molar-refractivity contribution in [1.82, 2.24) is 0 Å². The van der Waals surface area contributed by atoms with E-state index in [1.807, 2.05) is 0 Å². The molecule has 45 valence electrons. The first-order chi connectivity index (χ1) is 3.41. The molecule has 0 aromatic rings. The zero-order chi connectivity index (χ0) is 5.54. The molecule has 0 aliphatic rings. The Balaban J connectivity index is 0. The molecule has 0 aromatic carbocycles. The average Bonchev–Trinajstić information content (AvgIpc) is 1.69. The molecule has 1 unspecified atom stereocenters. The second-order valence-electron chi connectivity index (χ2n) is 1.73. The van der Waals surface area contributed by atoms with Crippen LogP contribution in [0.25, 0.3) is 0 Å². The van der Waals surface area contributed by atoms with Crippen molar-refractivity contribution in [3.63, 3.8) is 0 Å². The van der Waals surface area contributed by atoms with E-state index in [1.165, 1.54) is 25.6 Å². The van der Waals surface area contributed by atoms with Gasteiger partial charge in [0, 0.05) is 31.1 Å². The van der Waals surface area contributed by atoms with E-state index in [4.69, 9.17) is 0 Å². The molecule has 0 saturated heterocycles. The molecule has 0 amide bonds. The smallest absolute Gasteiger partial charge is 0.138 e. The molecule has 3 heteroatoms. The standard InChI is InChI=1S/C5H13BP.U/c1-2-3-4-5-6-7;/h2-5,7H2,1H3;. The summed E-state index contributed by atoms with van der Waals surface area (Å²) in [6.45, 7) is 4.37. The molecule has 0 saturated carbocycles. The van der Waals surface area contributed by atoms with Gasteiger partial charge in [-0.3, -0.25) is 0 Å². The van der Waals surface area contributed by atoms with Crippen molar-refractivity contribution in [1.29, 1.82) is 0 Å². The van der Waals surface area contributed by atoms with E-state index in [1.54, 1.807) is 0 Å². The van der Waals surface area contributed by atoms with Crippen molar-refractivity contribution >= 4 is 16.1 Å². The number of hydrogen-bond acceptors (Lipinski definition) is 0. The summed E-state index contributed by atoms with van der Waals surface area (Å²) < 4.78 is 0. The molecule has 0 aliphatic carbocycles. The molecule has 1 radical (unpaired) electrons. The Hall–Kier alpha value is 1.55. The fraction of sp³-hybridized carbons (Fsp3) is 1.00. The Morgan fingerprint density at radius 1 is 1.38 bits per heavy atom. The maximum absolute atomic E-state index is 2.62. The van der Waals surface area contributed by atoms with Gasteiger partial charge in [0.05, 0.1) is 0 Å². The van der Waals surface area contributed by atoms with Gasteiger partial charge in [0.2, 0.25) is 0 Å². The van der Waals surface area contributed by atoms with Gasteiger partial charge in [0.25, 0.3) is 0 Å². The normalized spacial score (nSPS) is 7.75. The summed E-state index contributed by atoms with van der Waals surface area (Å²) in [4.78, 5) is 0. The van der Waals surface area contributed by atoms with Gasteiger partial charge >= 0.3 is 0 Å². The first-order valence-electron chi connectivity index (χ1n) is 2.95. The summed E-state index contributed by atoms with van der Waals surface area (Å²) in [6, 6.07) is 0. The minimum absolute atomic E-state index is 0. The van der Waals surface area contributed by atoms with Crippen molar-refractivity contribution in [2.45, 2.75) is 32.5 Å². The minimum Gasteiger partial charge on any atom is -0.178 e. The summed E-state index contributed by atoms with van der Waals surface area (Å²) >= 11 is 0. The second kappa shape index (κ2) is 11.4. The van der Waals surface area contributed by atoms with Gasteiger partial charge in [0.1, 0.15) is 7.00 Å². The fourth-order valence-electron chi connectivity index (χ4n) is 0.512. The van der Waals surface area contributed by atoms with Crippen LogP contribution in [-0.4, -0.2) is 7.00 Å². The molecule has 0 nitrogen and oxygen atoms in total. The average molecular weight is 353 g/mol. The molecule has 1 atom stereocenters. The van der Waals surface area contributed by atoms with Gasteiger partial charge in [-0.1, -0.05) is 32.5 Å². The minimum atomic E-state index is 0. The molecule has 0 rings (SSSR count). The number of rotatable bonds is 4. The van der Waals surface area contributed by atoms with Gasteiger partial charge in [0.15, 0.2) is 0 Å². The molecular weight excluding hydrogens is 340 g/mol. The molecule has 0 aliphatic heterocycles. The first kappa shape index (κ1) is 12.2. The van der Waals surface area contributed by atoms with Crippen LogP contribution in [0.4, 0.5) is 0 Å². The van der Waals surface area contributed by atoms with E-state index >= 15 is 0 Å². The van der Waals surface area contributed by atoms with Crippen LogP contribution >= 0.6 is 9.12 Å². The Labute approximate surface area is 79.4 Å². The van der Waals surface area contributed by atoms with Crippen LogP contribution in [0, 0.1) is 31.1 Å². The van der Waals surface area contributed by atoms with Crippen molar-refractivity contribution in [2.75, 3.05) is 0 Å². The summed E-state index contributed by atoms with van der Waals surface area (Å²) in [5, 5.41) is 0. The largest absolute Gasteiger partial charge is 0.178 e. The third-order valence-corrected chi connectivity index (χ3v) is 1.31. The third kappa shape index (κ3) is 10.5. The van der Waals surface area contributed by atoms with Gasteiger partial charge in [-0.05, 0) is 0 Å². The molecule has 0 aromatic heterocycles. The molecule has 0 N–H and O–H groups in total. The van der Waals surface area contributed by atoms with Crippen LogP contribution in [0.1, 0.15) is 26.2 Å². The number of unbranched alkanes of at least 4 members (excludes halogenated alkanes) is 2. The van der Waals surface area contributed by atoms with E-state index in [0.29, 0.717) is 0 Å². The topological polar surface area (TPSA) is 0 Å². The maximum Gasteiger partial charge on any atom is 0.138 e. The van der Waals surface area contributed by atoms with Crippen LogP contribution in [0.3, 0.4) is 0 Å². The van der Waals surface area contributed by atoms with Crippen LogP contribution in [0.15, 0.2) is 0 Å². The zero-order valence-electron chi connectivity index (χ0n) is 5.48. The molecule has 0 spiro atoms. The monoisotopic (exact) mass is 353 g/mol. The zero-order valence-corrected chi connectivity index (χ0v) is 10.8. The van der Waals surface area contributed by atoms with Crippen molar-refractivity contribution in [2.24, 2.45) is 0 Å². The summed E-state index contributed by atoms with van der Waals surface area (Å²) in [5.74, 6) is 0.